The van der Waals surface area contributed by atoms with E-state index in [2.05, 4.69) is 5.32 Å². The second-order valence-electron chi connectivity index (χ2n) is 6.03. The van der Waals surface area contributed by atoms with Gasteiger partial charge in [-0.05, 0) is 48.7 Å². The molecule has 0 aromatic heterocycles. The Morgan fingerprint density at radius 1 is 1.00 bits per heavy atom. The van der Waals surface area contributed by atoms with Gasteiger partial charge < -0.3 is 10.1 Å². The van der Waals surface area contributed by atoms with Crippen molar-refractivity contribution in [3.63, 3.8) is 0 Å². The lowest BCUT2D eigenvalue weighted by Crippen LogP contribution is -2.25. The maximum Gasteiger partial charge on any atom is 0.124 e. The Morgan fingerprint density at radius 2 is 1.78 bits per heavy atom. The molecule has 4 heteroatoms. The Morgan fingerprint density at radius 3 is 2.57 bits per heavy atom. The van der Waals surface area contributed by atoms with Gasteiger partial charge in [-0.25, -0.2) is 0 Å². The van der Waals surface area contributed by atoms with Crippen LogP contribution in [-0.4, -0.2) is 6.04 Å². The summed E-state index contributed by atoms with van der Waals surface area (Å²) in [5.41, 5.74) is 2.16. The molecule has 0 amide bonds. The second kappa shape index (κ2) is 8.05. The third-order valence-corrected chi connectivity index (χ3v) is 4.71. The summed E-state index contributed by atoms with van der Waals surface area (Å²) in [5, 5.41) is 5.08. The monoisotopic (exact) mass is 349 g/mol. The number of halogens is 2. The minimum atomic E-state index is 0.499. The van der Waals surface area contributed by atoms with Crippen molar-refractivity contribution in [2.45, 2.75) is 44.9 Å². The van der Waals surface area contributed by atoms with Crippen LogP contribution in [0.2, 0.25) is 10.0 Å². The van der Waals surface area contributed by atoms with Crippen LogP contribution in [0.5, 0.6) is 5.75 Å². The summed E-state index contributed by atoms with van der Waals surface area (Å²) in [6.45, 7) is 1.29. The standard InChI is InChI=1S/C19H21Cl2NO/c20-16-5-3-4-14(10-16)13-23-19-9-8-17(21)11-15(19)12-22-18-6-1-2-7-18/h3-5,8-11,18,22H,1-2,6-7,12-13H2. The summed E-state index contributed by atoms with van der Waals surface area (Å²) in [6, 6.07) is 14.2. The fraction of sp³-hybridized carbons (Fsp3) is 0.368. The van der Waals surface area contributed by atoms with E-state index in [4.69, 9.17) is 27.9 Å². The van der Waals surface area contributed by atoms with Gasteiger partial charge in [0.05, 0.1) is 0 Å². The molecular weight excluding hydrogens is 329 g/mol. The van der Waals surface area contributed by atoms with Gasteiger partial charge >= 0.3 is 0 Å². The lowest BCUT2D eigenvalue weighted by Gasteiger charge is -2.16. The molecule has 0 saturated heterocycles. The highest BCUT2D eigenvalue weighted by Gasteiger charge is 2.15. The first-order valence-corrected chi connectivity index (χ1v) is 8.85. The summed E-state index contributed by atoms with van der Waals surface area (Å²) in [6.07, 6.45) is 5.18. The lowest BCUT2D eigenvalue weighted by molar-refractivity contribution is 0.301. The first-order chi connectivity index (χ1) is 11.2. The molecule has 0 unspecified atom stereocenters. The van der Waals surface area contributed by atoms with Gasteiger partial charge in [0.1, 0.15) is 12.4 Å². The number of hydrogen-bond donors (Lipinski definition) is 1. The van der Waals surface area contributed by atoms with E-state index in [0.717, 1.165) is 33.5 Å². The molecule has 0 aliphatic heterocycles. The van der Waals surface area contributed by atoms with Crippen molar-refractivity contribution >= 4 is 23.2 Å². The second-order valence-corrected chi connectivity index (χ2v) is 6.91. The molecule has 0 atom stereocenters. The van der Waals surface area contributed by atoms with Gasteiger partial charge in [-0.3, -0.25) is 0 Å². The van der Waals surface area contributed by atoms with Crippen LogP contribution in [0.3, 0.4) is 0 Å². The van der Waals surface area contributed by atoms with E-state index in [1.807, 2.05) is 42.5 Å². The van der Waals surface area contributed by atoms with Crippen molar-refractivity contribution in [2.75, 3.05) is 0 Å². The maximum atomic E-state index is 6.15. The van der Waals surface area contributed by atoms with E-state index < -0.39 is 0 Å². The zero-order valence-electron chi connectivity index (χ0n) is 13.0. The highest BCUT2D eigenvalue weighted by atomic mass is 35.5. The van der Waals surface area contributed by atoms with E-state index in [1.165, 1.54) is 25.7 Å². The maximum absolute atomic E-state index is 6.15. The Kier molecular flexibility index (Phi) is 5.82. The Bertz CT molecular complexity index is 654. The molecule has 0 bridgehead atoms. The molecule has 0 heterocycles. The highest BCUT2D eigenvalue weighted by molar-refractivity contribution is 6.30. The molecule has 1 aliphatic rings. The molecule has 1 fully saturated rings. The van der Waals surface area contributed by atoms with Crippen LogP contribution in [0.4, 0.5) is 0 Å². The normalized spacial score (nSPS) is 15.0. The molecule has 0 radical (unpaired) electrons. The molecular formula is C19H21Cl2NO. The molecule has 2 aromatic rings. The van der Waals surface area contributed by atoms with Crippen LogP contribution < -0.4 is 10.1 Å². The van der Waals surface area contributed by atoms with Crippen LogP contribution >= 0.6 is 23.2 Å². The average Bonchev–Trinajstić information content (AvgIpc) is 3.05. The van der Waals surface area contributed by atoms with Crippen molar-refractivity contribution in [2.24, 2.45) is 0 Å². The van der Waals surface area contributed by atoms with E-state index in [9.17, 15) is 0 Å². The molecule has 0 spiro atoms. The molecule has 1 saturated carbocycles. The molecule has 23 heavy (non-hydrogen) atoms. The minimum Gasteiger partial charge on any atom is -0.489 e. The van der Waals surface area contributed by atoms with E-state index in [0.29, 0.717) is 12.6 Å². The van der Waals surface area contributed by atoms with Crippen LogP contribution in [0.1, 0.15) is 36.8 Å². The van der Waals surface area contributed by atoms with Crippen LogP contribution in [0.15, 0.2) is 42.5 Å². The quantitative estimate of drug-likeness (QED) is 0.732. The van der Waals surface area contributed by atoms with Gasteiger partial charge in [0.25, 0.3) is 0 Å². The van der Waals surface area contributed by atoms with Crippen LogP contribution in [0, 0.1) is 0 Å². The van der Waals surface area contributed by atoms with E-state index >= 15 is 0 Å². The molecule has 1 N–H and O–H groups in total. The summed E-state index contributed by atoms with van der Waals surface area (Å²) in [4.78, 5) is 0. The predicted molar refractivity (Wildman–Crippen MR) is 96.3 cm³/mol. The Hall–Kier alpha value is -1.22. The fourth-order valence-electron chi connectivity index (χ4n) is 3.00. The van der Waals surface area contributed by atoms with Crippen molar-refractivity contribution in [3.8, 4) is 5.75 Å². The zero-order chi connectivity index (χ0) is 16.1. The third kappa shape index (κ3) is 4.87. The summed E-state index contributed by atoms with van der Waals surface area (Å²) < 4.78 is 5.99. The van der Waals surface area contributed by atoms with Gasteiger partial charge in [0.15, 0.2) is 0 Å². The van der Waals surface area contributed by atoms with E-state index in [1.54, 1.807) is 0 Å². The summed E-state index contributed by atoms with van der Waals surface area (Å²) in [7, 11) is 0. The van der Waals surface area contributed by atoms with Gasteiger partial charge in [-0.2, -0.15) is 0 Å². The number of nitrogens with one attached hydrogen (secondary N) is 1. The van der Waals surface area contributed by atoms with Gasteiger partial charge in [0, 0.05) is 28.2 Å². The van der Waals surface area contributed by atoms with Crippen LogP contribution in [-0.2, 0) is 13.2 Å². The number of rotatable bonds is 6. The average molecular weight is 350 g/mol. The summed E-state index contributed by atoms with van der Waals surface area (Å²) in [5.74, 6) is 0.875. The number of ether oxygens (including phenoxy) is 1. The summed E-state index contributed by atoms with van der Waals surface area (Å²) >= 11 is 12.2. The lowest BCUT2D eigenvalue weighted by atomic mass is 10.1. The highest BCUT2D eigenvalue weighted by Crippen LogP contribution is 2.25. The van der Waals surface area contributed by atoms with Crippen molar-refractivity contribution in [1.29, 1.82) is 0 Å². The first kappa shape index (κ1) is 16.6. The molecule has 1 aliphatic carbocycles. The smallest absolute Gasteiger partial charge is 0.124 e. The fourth-order valence-corrected chi connectivity index (χ4v) is 3.41. The number of benzene rings is 2. The molecule has 122 valence electrons. The number of hydrogen-bond acceptors (Lipinski definition) is 2. The SMILES string of the molecule is Clc1cccc(COc2ccc(Cl)cc2CNC2CCCC2)c1. The van der Waals surface area contributed by atoms with Crippen molar-refractivity contribution in [3.05, 3.63) is 63.6 Å². The molecule has 3 rings (SSSR count). The van der Waals surface area contributed by atoms with Gasteiger partial charge in [-0.15, -0.1) is 0 Å². The molecule has 2 nitrogen and oxygen atoms in total. The van der Waals surface area contributed by atoms with Crippen molar-refractivity contribution < 1.29 is 4.74 Å². The third-order valence-electron chi connectivity index (χ3n) is 4.24. The van der Waals surface area contributed by atoms with Crippen LogP contribution in [0.25, 0.3) is 0 Å². The predicted octanol–water partition coefficient (Wildman–Crippen LogP) is 5.60. The van der Waals surface area contributed by atoms with E-state index in [-0.39, 0.29) is 0 Å². The topological polar surface area (TPSA) is 21.3 Å². The molecule has 2 aromatic carbocycles. The minimum absolute atomic E-state index is 0.499. The van der Waals surface area contributed by atoms with Gasteiger partial charge in [-0.1, -0.05) is 48.2 Å². The largest absolute Gasteiger partial charge is 0.489 e. The zero-order valence-corrected chi connectivity index (χ0v) is 14.5. The van der Waals surface area contributed by atoms with Gasteiger partial charge in [0.2, 0.25) is 0 Å². The Balaban J connectivity index is 1.65. The van der Waals surface area contributed by atoms with Crippen molar-refractivity contribution in [1.82, 2.24) is 5.32 Å². The first-order valence-electron chi connectivity index (χ1n) is 8.10. The Labute approximate surface area is 147 Å².